The molecule has 3 aromatic heterocycles. The molecule has 2 aromatic carbocycles. The highest BCUT2D eigenvalue weighted by Gasteiger charge is 2.18. The first-order chi connectivity index (χ1) is 14.9. The van der Waals surface area contributed by atoms with Crippen molar-refractivity contribution in [3.63, 3.8) is 0 Å². The van der Waals surface area contributed by atoms with Crippen LogP contribution in [0.2, 0.25) is 0 Å². The molecule has 3 heterocycles. The van der Waals surface area contributed by atoms with Gasteiger partial charge in [0.05, 0.1) is 16.4 Å². The van der Waals surface area contributed by atoms with Crippen molar-refractivity contribution < 1.29 is 13.9 Å². The van der Waals surface area contributed by atoms with Crippen LogP contribution in [0.1, 0.15) is 11.4 Å². The third-order valence-electron chi connectivity index (χ3n) is 5.16. The monoisotopic (exact) mass is 419 g/mol. The molecule has 0 N–H and O–H groups in total. The molecule has 0 radical (unpaired) electrons. The van der Waals surface area contributed by atoms with Crippen molar-refractivity contribution in [1.82, 2.24) is 23.7 Å². The summed E-state index contributed by atoms with van der Waals surface area (Å²) in [4.78, 5) is 37.1. The Hall–Kier alpha value is -4.21. The second-order valence-electron chi connectivity index (χ2n) is 7.22. The van der Waals surface area contributed by atoms with Crippen molar-refractivity contribution >= 4 is 33.7 Å². The van der Waals surface area contributed by atoms with E-state index >= 15 is 0 Å². The normalized spacial score (nSPS) is 11.5. The van der Waals surface area contributed by atoms with Gasteiger partial charge in [0.1, 0.15) is 6.54 Å². The molecule has 10 nitrogen and oxygen atoms in total. The molecule has 5 aromatic rings. The zero-order valence-corrected chi connectivity index (χ0v) is 16.7. The van der Waals surface area contributed by atoms with Gasteiger partial charge in [0.25, 0.3) is 5.56 Å². The summed E-state index contributed by atoms with van der Waals surface area (Å²) in [7, 11) is 1.61. The minimum absolute atomic E-state index is 0.175. The molecule has 156 valence electrons. The fraction of sp³-hybridized carbons (Fsp3) is 0.190. The maximum Gasteiger partial charge on any atom is 0.420 e. The Labute approximate surface area is 173 Å². The largest absolute Gasteiger partial charge is 0.456 e. The predicted octanol–water partition coefficient (Wildman–Crippen LogP) is 1.54. The van der Waals surface area contributed by atoms with Gasteiger partial charge in [-0.15, -0.1) is 10.2 Å². The van der Waals surface area contributed by atoms with Crippen molar-refractivity contribution in [2.75, 3.05) is 0 Å². The second kappa shape index (κ2) is 6.94. The SMILES string of the molecule is Cc1ccc2c(c1)c(=O)n(C)c1nnc(COC(=O)Cn3c(=O)oc4ccccc43)n21. The van der Waals surface area contributed by atoms with Gasteiger partial charge in [-0.05, 0) is 31.2 Å². The Morgan fingerprint density at radius 3 is 2.74 bits per heavy atom. The van der Waals surface area contributed by atoms with Crippen LogP contribution in [0.25, 0.3) is 27.8 Å². The van der Waals surface area contributed by atoms with E-state index in [0.29, 0.717) is 33.6 Å². The molecule has 0 saturated carbocycles. The lowest BCUT2D eigenvalue weighted by Gasteiger charge is -2.09. The molecule has 0 atom stereocenters. The van der Waals surface area contributed by atoms with E-state index < -0.39 is 11.7 Å². The number of oxazole rings is 1. The Morgan fingerprint density at radius 1 is 1.10 bits per heavy atom. The lowest BCUT2D eigenvalue weighted by atomic mass is 10.1. The average molecular weight is 419 g/mol. The molecule has 0 aliphatic rings. The van der Waals surface area contributed by atoms with Gasteiger partial charge < -0.3 is 9.15 Å². The Morgan fingerprint density at radius 2 is 1.90 bits per heavy atom. The van der Waals surface area contributed by atoms with Gasteiger partial charge in [-0.1, -0.05) is 23.8 Å². The maximum atomic E-state index is 12.6. The molecule has 0 aliphatic heterocycles. The zero-order valence-electron chi connectivity index (χ0n) is 16.7. The van der Waals surface area contributed by atoms with E-state index in [1.807, 2.05) is 19.1 Å². The number of benzene rings is 2. The van der Waals surface area contributed by atoms with Crippen LogP contribution in [0.5, 0.6) is 0 Å². The number of nitrogens with zero attached hydrogens (tertiary/aromatic N) is 5. The number of rotatable bonds is 4. The average Bonchev–Trinajstić information content (AvgIpc) is 3.32. The van der Waals surface area contributed by atoms with E-state index in [1.165, 1.54) is 9.13 Å². The summed E-state index contributed by atoms with van der Waals surface area (Å²) >= 11 is 0. The van der Waals surface area contributed by atoms with E-state index in [2.05, 4.69) is 10.2 Å². The summed E-state index contributed by atoms with van der Waals surface area (Å²) in [6, 6.07) is 12.3. The van der Waals surface area contributed by atoms with Gasteiger partial charge in [-0.3, -0.25) is 23.1 Å². The van der Waals surface area contributed by atoms with Crippen LogP contribution in [-0.2, 0) is 29.7 Å². The Balaban J connectivity index is 1.47. The lowest BCUT2D eigenvalue weighted by molar-refractivity contribution is -0.146. The second-order valence-corrected chi connectivity index (χ2v) is 7.22. The molecule has 0 saturated heterocycles. The van der Waals surface area contributed by atoms with Gasteiger partial charge in [0.2, 0.25) is 5.78 Å². The number of hydrogen-bond acceptors (Lipinski definition) is 7. The van der Waals surface area contributed by atoms with Gasteiger partial charge >= 0.3 is 11.7 Å². The summed E-state index contributed by atoms with van der Waals surface area (Å²) < 4.78 is 14.8. The van der Waals surface area contributed by atoms with Gasteiger partial charge in [0.15, 0.2) is 18.0 Å². The van der Waals surface area contributed by atoms with Crippen molar-refractivity contribution in [2.24, 2.45) is 7.05 Å². The van der Waals surface area contributed by atoms with E-state index in [9.17, 15) is 14.4 Å². The van der Waals surface area contributed by atoms with Crippen LogP contribution in [-0.4, -0.2) is 29.7 Å². The number of esters is 1. The van der Waals surface area contributed by atoms with Crippen molar-refractivity contribution in [2.45, 2.75) is 20.1 Å². The number of aryl methyl sites for hydroxylation is 2. The van der Waals surface area contributed by atoms with Crippen LogP contribution in [0.4, 0.5) is 0 Å². The van der Waals surface area contributed by atoms with E-state index in [4.69, 9.17) is 9.15 Å². The number of carbonyl (C=O) groups excluding carboxylic acids is 1. The first-order valence-corrected chi connectivity index (χ1v) is 9.51. The number of carbonyl (C=O) groups is 1. The summed E-state index contributed by atoms with van der Waals surface area (Å²) in [5.74, 6) is -0.570. The Bertz CT molecular complexity index is 1600. The third kappa shape index (κ3) is 3.00. The lowest BCUT2D eigenvalue weighted by Crippen LogP contribution is -2.22. The van der Waals surface area contributed by atoms with Crippen molar-refractivity contribution in [3.05, 3.63) is 74.8 Å². The molecule has 5 rings (SSSR count). The highest BCUT2D eigenvalue weighted by atomic mass is 16.5. The molecule has 0 unspecified atom stereocenters. The maximum absolute atomic E-state index is 12.6. The number of ether oxygens (including phenoxy) is 1. The molecule has 0 aliphatic carbocycles. The standard InChI is InChI=1S/C21H17N5O5/c1-12-7-8-14-13(9-12)19(28)24(2)20-23-22-17(26(14)20)11-30-18(27)10-25-15-5-3-4-6-16(15)31-21(25)29/h3-9H,10-11H2,1-2H3. The minimum Gasteiger partial charge on any atom is -0.456 e. The highest BCUT2D eigenvalue weighted by Crippen LogP contribution is 2.17. The van der Waals surface area contributed by atoms with Crippen LogP contribution in [0.15, 0.2) is 56.5 Å². The van der Waals surface area contributed by atoms with E-state index in [1.54, 1.807) is 41.8 Å². The fourth-order valence-electron chi connectivity index (χ4n) is 3.64. The smallest absolute Gasteiger partial charge is 0.420 e. The molecular weight excluding hydrogens is 402 g/mol. The van der Waals surface area contributed by atoms with E-state index in [0.717, 1.165) is 5.56 Å². The van der Waals surface area contributed by atoms with Crippen LogP contribution >= 0.6 is 0 Å². The van der Waals surface area contributed by atoms with Crippen molar-refractivity contribution in [1.29, 1.82) is 0 Å². The third-order valence-corrected chi connectivity index (χ3v) is 5.16. The summed E-state index contributed by atoms with van der Waals surface area (Å²) in [5.41, 5.74) is 2.29. The first-order valence-electron chi connectivity index (χ1n) is 9.51. The summed E-state index contributed by atoms with van der Waals surface area (Å²) in [6.07, 6.45) is 0. The molecule has 0 spiro atoms. The van der Waals surface area contributed by atoms with Crippen LogP contribution < -0.4 is 11.3 Å². The first kappa shape index (κ1) is 18.8. The fourth-order valence-corrected chi connectivity index (χ4v) is 3.64. The van der Waals surface area contributed by atoms with Crippen LogP contribution in [0.3, 0.4) is 0 Å². The molecule has 0 fully saturated rings. The molecule has 0 bridgehead atoms. The minimum atomic E-state index is -0.637. The number of fused-ring (bicyclic) bond motifs is 4. The summed E-state index contributed by atoms with van der Waals surface area (Å²) in [5, 5.41) is 8.68. The quantitative estimate of drug-likeness (QED) is 0.406. The molecule has 10 heteroatoms. The molecule has 0 amide bonds. The van der Waals surface area contributed by atoms with Gasteiger partial charge in [-0.2, -0.15) is 0 Å². The number of hydrogen-bond donors (Lipinski definition) is 0. The molecular formula is C21H17N5O5. The van der Waals surface area contributed by atoms with E-state index in [-0.39, 0.29) is 18.7 Å². The number of para-hydroxylation sites is 2. The zero-order chi connectivity index (χ0) is 21.7. The Kier molecular flexibility index (Phi) is 4.21. The summed E-state index contributed by atoms with van der Waals surface area (Å²) in [6.45, 7) is 1.43. The van der Waals surface area contributed by atoms with Gasteiger partial charge in [-0.25, -0.2) is 4.79 Å². The highest BCUT2D eigenvalue weighted by molar-refractivity contribution is 5.81. The van der Waals surface area contributed by atoms with Crippen LogP contribution in [0, 0.1) is 6.92 Å². The molecule has 31 heavy (non-hydrogen) atoms. The topological polar surface area (TPSA) is 114 Å². The number of aromatic nitrogens is 5. The van der Waals surface area contributed by atoms with Gasteiger partial charge in [0, 0.05) is 7.05 Å². The van der Waals surface area contributed by atoms with Crippen molar-refractivity contribution in [3.8, 4) is 0 Å². The predicted molar refractivity (Wildman–Crippen MR) is 111 cm³/mol.